The van der Waals surface area contributed by atoms with E-state index >= 15 is 0 Å². The summed E-state index contributed by atoms with van der Waals surface area (Å²) in [7, 11) is 0. The van der Waals surface area contributed by atoms with Gasteiger partial charge >= 0.3 is 0 Å². The molecule has 1 aromatic heterocycles. The van der Waals surface area contributed by atoms with Crippen molar-refractivity contribution in [2.45, 2.75) is 5.88 Å². The first kappa shape index (κ1) is 15.0. The van der Waals surface area contributed by atoms with Gasteiger partial charge in [0.1, 0.15) is 17.5 Å². The largest absolute Gasteiger partial charge is 0.295 e. The predicted octanol–water partition coefficient (Wildman–Crippen LogP) is 5.30. The summed E-state index contributed by atoms with van der Waals surface area (Å²) in [6.07, 6.45) is 0. The molecule has 21 heavy (non-hydrogen) atoms. The van der Waals surface area contributed by atoms with Gasteiger partial charge in [-0.2, -0.15) is 0 Å². The minimum Gasteiger partial charge on any atom is -0.295 e. The highest BCUT2D eigenvalue weighted by atomic mass is 127. The van der Waals surface area contributed by atoms with Crippen molar-refractivity contribution in [3.05, 3.63) is 56.4 Å². The molecule has 0 fully saturated rings. The minimum atomic E-state index is -0.553. The lowest BCUT2D eigenvalue weighted by Gasteiger charge is -2.08. The van der Waals surface area contributed by atoms with E-state index in [1.54, 1.807) is 16.7 Å². The zero-order valence-electron chi connectivity index (χ0n) is 10.4. The van der Waals surface area contributed by atoms with E-state index < -0.39 is 5.82 Å². The van der Waals surface area contributed by atoms with Crippen molar-refractivity contribution in [1.29, 1.82) is 0 Å². The van der Waals surface area contributed by atoms with Crippen LogP contribution < -0.4 is 0 Å². The van der Waals surface area contributed by atoms with E-state index in [0.29, 0.717) is 26.1 Å². The molecule has 108 valence electrons. The first-order valence-corrected chi connectivity index (χ1v) is 7.88. The van der Waals surface area contributed by atoms with Crippen molar-refractivity contribution >= 4 is 56.8 Å². The molecular formula is C14H7Cl2F2IN2. The Hall–Kier alpha value is -0.920. The van der Waals surface area contributed by atoms with Crippen LogP contribution in [0.3, 0.4) is 0 Å². The van der Waals surface area contributed by atoms with Crippen molar-refractivity contribution in [3.63, 3.8) is 0 Å². The predicted molar refractivity (Wildman–Crippen MR) is 88.3 cm³/mol. The summed E-state index contributed by atoms with van der Waals surface area (Å²) in [6, 6.07) is 7.35. The van der Waals surface area contributed by atoms with Gasteiger partial charge in [-0.3, -0.25) is 4.57 Å². The number of fused-ring (bicyclic) bond motifs is 1. The fourth-order valence-corrected chi connectivity index (χ4v) is 2.87. The maximum atomic E-state index is 13.8. The number of imidazole rings is 1. The summed E-state index contributed by atoms with van der Waals surface area (Å²) in [4.78, 5) is 4.37. The second kappa shape index (κ2) is 5.70. The Morgan fingerprint density at radius 2 is 1.90 bits per heavy atom. The highest BCUT2D eigenvalue weighted by Gasteiger charge is 2.15. The van der Waals surface area contributed by atoms with Crippen molar-refractivity contribution in [2.24, 2.45) is 0 Å². The molecule has 0 aliphatic rings. The summed E-state index contributed by atoms with van der Waals surface area (Å²) in [6.45, 7) is 0. The van der Waals surface area contributed by atoms with Crippen LogP contribution in [-0.2, 0) is 5.88 Å². The fraction of sp³-hybridized carbons (Fsp3) is 0.0714. The molecule has 2 nitrogen and oxygen atoms in total. The normalized spacial score (nSPS) is 11.3. The van der Waals surface area contributed by atoms with Gasteiger partial charge in [-0.1, -0.05) is 11.6 Å². The number of hydrogen-bond donors (Lipinski definition) is 0. The van der Waals surface area contributed by atoms with E-state index in [1.165, 1.54) is 18.2 Å². The molecule has 3 rings (SSSR count). The molecule has 0 amide bonds. The third kappa shape index (κ3) is 2.62. The molecule has 0 N–H and O–H groups in total. The second-order valence-corrected chi connectivity index (χ2v) is 6.19. The summed E-state index contributed by atoms with van der Waals surface area (Å²) in [5.41, 5.74) is 1.63. The van der Waals surface area contributed by atoms with Crippen LogP contribution in [0.25, 0.3) is 16.7 Å². The topological polar surface area (TPSA) is 17.8 Å². The maximum Gasteiger partial charge on any atom is 0.143 e. The molecule has 0 saturated heterocycles. The van der Waals surface area contributed by atoms with Gasteiger partial charge in [-0.15, -0.1) is 11.6 Å². The first-order valence-electron chi connectivity index (χ1n) is 5.89. The van der Waals surface area contributed by atoms with Crippen LogP contribution in [0.1, 0.15) is 5.82 Å². The third-order valence-electron chi connectivity index (χ3n) is 3.05. The van der Waals surface area contributed by atoms with Gasteiger partial charge in [-0.05, 0) is 46.9 Å². The molecule has 0 aliphatic carbocycles. The Kier molecular flexibility index (Phi) is 4.07. The van der Waals surface area contributed by atoms with Crippen LogP contribution in [0.4, 0.5) is 8.78 Å². The number of aromatic nitrogens is 2. The molecule has 0 bridgehead atoms. The van der Waals surface area contributed by atoms with Crippen LogP contribution in [0.5, 0.6) is 0 Å². The van der Waals surface area contributed by atoms with Gasteiger partial charge in [0.05, 0.1) is 31.2 Å². The summed E-state index contributed by atoms with van der Waals surface area (Å²) in [5.74, 6) is -0.283. The van der Waals surface area contributed by atoms with Crippen molar-refractivity contribution in [3.8, 4) is 5.69 Å². The minimum absolute atomic E-state index is 0.0244. The standard InChI is InChI=1S/C14H7Cl2F2IN2/c15-6-14-20-12-5-11(19)10(18)4-13(12)21(14)7-1-2-8(16)9(17)3-7/h1-5H,6H2. The Morgan fingerprint density at radius 3 is 2.57 bits per heavy atom. The zero-order chi connectivity index (χ0) is 15.1. The van der Waals surface area contributed by atoms with Crippen LogP contribution in [0, 0.1) is 15.2 Å². The van der Waals surface area contributed by atoms with E-state index in [9.17, 15) is 8.78 Å². The van der Waals surface area contributed by atoms with Gasteiger partial charge in [0.2, 0.25) is 0 Å². The van der Waals surface area contributed by atoms with Crippen LogP contribution in [0.2, 0.25) is 5.02 Å². The highest BCUT2D eigenvalue weighted by Crippen LogP contribution is 2.27. The molecule has 0 aliphatic heterocycles. The van der Waals surface area contributed by atoms with Gasteiger partial charge in [0, 0.05) is 6.07 Å². The van der Waals surface area contributed by atoms with Crippen LogP contribution in [-0.4, -0.2) is 9.55 Å². The Bertz CT molecular complexity index is 849. The molecular weight excluding hydrogens is 432 g/mol. The Labute approximate surface area is 142 Å². The quantitative estimate of drug-likeness (QED) is 0.392. The monoisotopic (exact) mass is 438 g/mol. The molecule has 1 heterocycles. The van der Waals surface area contributed by atoms with Crippen LogP contribution in [0.15, 0.2) is 30.3 Å². The number of alkyl halides is 1. The molecule has 7 heteroatoms. The molecule has 0 atom stereocenters. The summed E-state index contributed by atoms with van der Waals surface area (Å²) < 4.78 is 29.6. The summed E-state index contributed by atoms with van der Waals surface area (Å²) >= 11 is 13.5. The smallest absolute Gasteiger partial charge is 0.143 e. The van der Waals surface area contributed by atoms with Gasteiger partial charge in [0.25, 0.3) is 0 Å². The SMILES string of the molecule is Fc1cc(-n2c(CCl)nc3cc(I)c(F)cc32)ccc1Cl. The highest BCUT2D eigenvalue weighted by molar-refractivity contribution is 14.1. The van der Waals surface area contributed by atoms with Gasteiger partial charge < -0.3 is 0 Å². The lowest BCUT2D eigenvalue weighted by Crippen LogP contribution is -2.00. The van der Waals surface area contributed by atoms with E-state index in [-0.39, 0.29) is 16.7 Å². The van der Waals surface area contributed by atoms with Gasteiger partial charge in [-0.25, -0.2) is 13.8 Å². The zero-order valence-corrected chi connectivity index (χ0v) is 14.0. The Balaban J connectivity index is 2.34. The van der Waals surface area contributed by atoms with E-state index in [0.717, 1.165) is 0 Å². The van der Waals surface area contributed by atoms with Crippen molar-refractivity contribution in [1.82, 2.24) is 9.55 Å². The Morgan fingerprint density at radius 1 is 1.14 bits per heavy atom. The average molecular weight is 439 g/mol. The molecule has 0 radical (unpaired) electrons. The maximum absolute atomic E-state index is 13.8. The number of nitrogens with zero attached hydrogens (tertiary/aromatic N) is 2. The lowest BCUT2D eigenvalue weighted by molar-refractivity contribution is 0.621. The number of hydrogen-bond acceptors (Lipinski definition) is 1. The molecule has 3 aromatic rings. The average Bonchev–Trinajstić information content (AvgIpc) is 2.80. The third-order valence-corrected chi connectivity index (χ3v) is 4.42. The van der Waals surface area contributed by atoms with E-state index in [4.69, 9.17) is 23.2 Å². The molecule has 0 spiro atoms. The number of benzene rings is 2. The fourth-order valence-electron chi connectivity index (χ4n) is 2.12. The van der Waals surface area contributed by atoms with Gasteiger partial charge in [0.15, 0.2) is 0 Å². The summed E-state index contributed by atoms with van der Waals surface area (Å²) in [5, 5.41) is 0.0244. The van der Waals surface area contributed by atoms with Crippen LogP contribution >= 0.6 is 45.8 Å². The van der Waals surface area contributed by atoms with Crippen molar-refractivity contribution < 1.29 is 8.78 Å². The second-order valence-electron chi connectivity index (χ2n) is 4.35. The first-order chi connectivity index (χ1) is 10.0. The van der Waals surface area contributed by atoms with E-state index in [1.807, 2.05) is 22.6 Å². The molecule has 0 saturated carbocycles. The molecule has 0 unspecified atom stereocenters. The number of rotatable bonds is 2. The lowest BCUT2D eigenvalue weighted by atomic mass is 10.2. The number of halogens is 5. The molecule has 2 aromatic carbocycles. The van der Waals surface area contributed by atoms with Crippen molar-refractivity contribution in [2.75, 3.05) is 0 Å². The van der Waals surface area contributed by atoms with E-state index in [2.05, 4.69) is 4.98 Å².